The summed E-state index contributed by atoms with van der Waals surface area (Å²) in [6.45, 7) is 6.16. The monoisotopic (exact) mass is 382 g/mol. The van der Waals surface area contributed by atoms with Gasteiger partial charge in [-0.25, -0.2) is 17.7 Å². The Hall–Kier alpha value is -1.80. The topological polar surface area (TPSA) is 83.0 Å². The van der Waals surface area contributed by atoms with E-state index in [0.717, 1.165) is 24.7 Å². The lowest BCUT2D eigenvalue weighted by atomic mass is 10.1. The lowest BCUT2D eigenvalue weighted by Gasteiger charge is -2.17. The highest BCUT2D eigenvalue weighted by molar-refractivity contribution is 7.89. The fourth-order valence-electron chi connectivity index (χ4n) is 2.76. The summed E-state index contributed by atoms with van der Waals surface area (Å²) in [5.41, 5.74) is 1.23. The summed E-state index contributed by atoms with van der Waals surface area (Å²) in [7, 11) is -1.50. The van der Waals surface area contributed by atoms with Crippen molar-refractivity contribution in [1.29, 1.82) is 0 Å². The zero-order chi connectivity index (χ0) is 19.0. The number of rotatable bonds is 9. The van der Waals surface area contributed by atoms with Crippen LogP contribution in [-0.4, -0.2) is 63.8 Å². The lowest BCUT2D eigenvalue weighted by Crippen LogP contribution is -2.39. The Kier molecular flexibility index (Phi) is 7.71. The van der Waals surface area contributed by atoms with Crippen LogP contribution >= 0.6 is 0 Å². The summed E-state index contributed by atoms with van der Waals surface area (Å²) in [4.78, 5) is 4.60. The average molecular weight is 383 g/mol. The summed E-state index contributed by atoms with van der Waals surface area (Å²) >= 11 is 0. The number of fused-ring (bicyclic) bond motifs is 1. The molecule has 1 aromatic carbocycles. The molecule has 0 radical (unpaired) electrons. The number of nitrogens with zero attached hydrogens (tertiary/aromatic N) is 2. The smallest absolute Gasteiger partial charge is 0.213 e. The van der Waals surface area contributed by atoms with Gasteiger partial charge in [-0.05, 0) is 31.9 Å². The standard InChI is InChI=1S/C18H30N4O3S/c1-4-19-18(20-11-8-12-22(3)26(23,24)5-2)21-14-16-13-15-9-6-7-10-17(15)25-16/h6-7,9-10,16H,4-5,8,11-14H2,1-3H3,(H2,19,20,21). The highest BCUT2D eigenvalue weighted by Gasteiger charge is 2.22. The number of hydrogen-bond acceptors (Lipinski definition) is 4. The maximum absolute atomic E-state index is 11.7. The fourth-order valence-corrected chi connectivity index (χ4v) is 3.61. The molecule has 1 aromatic rings. The molecule has 0 aromatic heterocycles. The van der Waals surface area contributed by atoms with Crippen molar-refractivity contribution in [2.24, 2.45) is 4.99 Å². The van der Waals surface area contributed by atoms with Crippen LogP contribution in [0.1, 0.15) is 25.8 Å². The second-order valence-corrected chi connectivity index (χ2v) is 8.64. The molecule has 0 spiro atoms. The van der Waals surface area contributed by atoms with Gasteiger partial charge in [0.2, 0.25) is 10.0 Å². The molecular formula is C18H30N4O3S. The molecule has 146 valence electrons. The molecule has 1 aliphatic heterocycles. The van der Waals surface area contributed by atoms with Gasteiger partial charge in [-0.15, -0.1) is 0 Å². The zero-order valence-electron chi connectivity index (χ0n) is 15.9. The highest BCUT2D eigenvalue weighted by atomic mass is 32.2. The number of ether oxygens (including phenoxy) is 1. The minimum Gasteiger partial charge on any atom is -0.488 e. The van der Waals surface area contributed by atoms with Crippen LogP contribution < -0.4 is 15.4 Å². The van der Waals surface area contributed by atoms with Gasteiger partial charge in [0.05, 0.1) is 12.3 Å². The van der Waals surface area contributed by atoms with E-state index in [1.54, 1.807) is 14.0 Å². The van der Waals surface area contributed by atoms with Gasteiger partial charge in [0.25, 0.3) is 0 Å². The fraction of sp³-hybridized carbons (Fsp3) is 0.611. The molecule has 8 heteroatoms. The SMILES string of the molecule is CCNC(=NCC1Cc2ccccc2O1)NCCCN(C)S(=O)(=O)CC. The molecule has 0 saturated heterocycles. The Morgan fingerprint density at radius 3 is 2.77 bits per heavy atom. The largest absolute Gasteiger partial charge is 0.488 e. The van der Waals surface area contributed by atoms with Crippen molar-refractivity contribution in [3.63, 3.8) is 0 Å². The minimum atomic E-state index is -3.11. The number of nitrogens with one attached hydrogen (secondary N) is 2. The summed E-state index contributed by atoms with van der Waals surface area (Å²) in [5, 5.41) is 6.46. The maximum atomic E-state index is 11.7. The van der Waals surface area contributed by atoms with Gasteiger partial charge >= 0.3 is 0 Å². The summed E-state index contributed by atoms with van der Waals surface area (Å²) in [6.07, 6.45) is 1.65. The summed E-state index contributed by atoms with van der Waals surface area (Å²) < 4.78 is 30.8. The van der Waals surface area contributed by atoms with E-state index in [-0.39, 0.29) is 11.9 Å². The molecule has 7 nitrogen and oxygen atoms in total. The van der Waals surface area contributed by atoms with E-state index in [9.17, 15) is 8.42 Å². The van der Waals surface area contributed by atoms with Crippen LogP contribution in [0.3, 0.4) is 0 Å². The predicted molar refractivity (Wildman–Crippen MR) is 105 cm³/mol. The van der Waals surface area contributed by atoms with E-state index in [1.807, 2.05) is 25.1 Å². The Labute approximate surface area is 156 Å². The van der Waals surface area contributed by atoms with Gasteiger partial charge in [0.15, 0.2) is 5.96 Å². The maximum Gasteiger partial charge on any atom is 0.213 e. The molecule has 26 heavy (non-hydrogen) atoms. The first-order chi connectivity index (χ1) is 12.5. The first kappa shape index (κ1) is 20.5. The Balaban J connectivity index is 1.77. The summed E-state index contributed by atoms with van der Waals surface area (Å²) in [6, 6.07) is 8.08. The number of benzene rings is 1. The molecule has 1 atom stereocenters. The number of sulfonamides is 1. The molecule has 1 unspecified atom stereocenters. The number of para-hydroxylation sites is 1. The van der Waals surface area contributed by atoms with Crippen LogP contribution in [0.5, 0.6) is 5.75 Å². The predicted octanol–water partition coefficient (Wildman–Crippen LogP) is 1.22. The second kappa shape index (κ2) is 9.78. The van der Waals surface area contributed by atoms with Crippen molar-refractivity contribution < 1.29 is 13.2 Å². The third-order valence-corrected chi connectivity index (χ3v) is 6.15. The molecule has 0 saturated carbocycles. The first-order valence-electron chi connectivity index (χ1n) is 9.17. The van der Waals surface area contributed by atoms with Gasteiger partial charge < -0.3 is 15.4 Å². The minimum absolute atomic E-state index is 0.0590. The van der Waals surface area contributed by atoms with Crippen LogP contribution in [0, 0.1) is 0 Å². The molecule has 0 amide bonds. The number of hydrogen-bond donors (Lipinski definition) is 2. The Morgan fingerprint density at radius 2 is 2.08 bits per heavy atom. The molecule has 0 fully saturated rings. The lowest BCUT2D eigenvalue weighted by molar-refractivity contribution is 0.241. The van der Waals surface area contributed by atoms with E-state index < -0.39 is 10.0 Å². The van der Waals surface area contributed by atoms with E-state index in [2.05, 4.69) is 21.7 Å². The van der Waals surface area contributed by atoms with Crippen LogP contribution in [0.25, 0.3) is 0 Å². The molecule has 0 bridgehead atoms. The van der Waals surface area contributed by atoms with Crippen molar-refractivity contribution >= 4 is 16.0 Å². The van der Waals surface area contributed by atoms with Crippen LogP contribution in [-0.2, 0) is 16.4 Å². The van der Waals surface area contributed by atoms with E-state index >= 15 is 0 Å². The van der Waals surface area contributed by atoms with E-state index in [0.29, 0.717) is 26.1 Å². The Bertz CT molecular complexity index is 681. The Morgan fingerprint density at radius 1 is 1.31 bits per heavy atom. The number of guanidine groups is 1. The van der Waals surface area contributed by atoms with Crippen LogP contribution in [0.2, 0.25) is 0 Å². The van der Waals surface area contributed by atoms with Crippen LogP contribution in [0.15, 0.2) is 29.3 Å². The average Bonchev–Trinajstić information content (AvgIpc) is 3.05. The van der Waals surface area contributed by atoms with Gasteiger partial charge in [-0.1, -0.05) is 18.2 Å². The van der Waals surface area contributed by atoms with Crippen molar-refractivity contribution in [2.45, 2.75) is 32.8 Å². The van der Waals surface area contributed by atoms with E-state index in [4.69, 9.17) is 4.74 Å². The van der Waals surface area contributed by atoms with Crippen molar-refractivity contribution in [2.75, 3.05) is 39.0 Å². The van der Waals surface area contributed by atoms with Gasteiger partial charge in [0.1, 0.15) is 11.9 Å². The second-order valence-electron chi connectivity index (χ2n) is 6.27. The molecular weight excluding hydrogens is 352 g/mol. The first-order valence-corrected chi connectivity index (χ1v) is 10.8. The molecule has 2 N–H and O–H groups in total. The normalized spacial score (nSPS) is 17.1. The van der Waals surface area contributed by atoms with Crippen LogP contribution in [0.4, 0.5) is 0 Å². The van der Waals surface area contributed by atoms with Gasteiger partial charge in [0, 0.05) is 33.1 Å². The molecule has 1 heterocycles. The number of aliphatic imine (C=N–C) groups is 1. The molecule has 2 rings (SSSR count). The van der Waals surface area contributed by atoms with Crippen molar-refractivity contribution in [3.05, 3.63) is 29.8 Å². The van der Waals surface area contributed by atoms with Crippen molar-refractivity contribution in [1.82, 2.24) is 14.9 Å². The third kappa shape index (κ3) is 5.88. The molecule has 1 aliphatic rings. The molecule has 0 aliphatic carbocycles. The van der Waals surface area contributed by atoms with Gasteiger partial charge in [-0.3, -0.25) is 0 Å². The van der Waals surface area contributed by atoms with Gasteiger partial charge in [-0.2, -0.15) is 0 Å². The summed E-state index contributed by atoms with van der Waals surface area (Å²) in [5.74, 6) is 1.81. The zero-order valence-corrected chi connectivity index (χ0v) is 16.7. The third-order valence-electron chi connectivity index (χ3n) is 4.29. The van der Waals surface area contributed by atoms with Crippen molar-refractivity contribution in [3.8, 4) is 5.75 Å². The quantitative estimate of drug-likeness (QED) is 0.381. The van der Waals surface area contributed by atoms with E-state index in [1.165, 1.54) is 9.87 Å². The highest BCUT2D eigenvalue weighted by Crippen LogP contribution is 2.28.